The highest BCUT2D eigenvalue weighted by molar-refractivity contribution is 5.63. The van der Waals surface area contributed by atoms with Crippen molar-refractivity contribution in [3.8, 4) is 138 Å². The van der Waals surface area contributed by atoms with Gasteiger partial charge in [0.25, 0.3) is 25.2 Å². The van der Waals surface area contributed by atoms with Crippen molar-refractivity contribution in [3.63, 3.8) is 0 Å². The van der Waals surface area contributed by atoms with Gasteiger partial charge in [-0.15, -0.1) is 0 Å². The summed E-state index contributed by atoms with van der Waals surface area (Å²) in [4.78, 5) is 0. The van der Waals surface area contributed by atoms with E-state index in [0.717, 1.165) is 66.8 Å². The summed E-state index contributed by atoms with van der Waals surface area (Å²) in [5, 5.41) is 0. The lowest BCUT2D eigenvalue weighted by Crippen LogP contribution is -2.23. The van der Waals surface area contributed by atoms with Crippen LogP contribution in [0.25, 0.3) is 0 Å². The standard InChI is InChI=1S/C84H56O16/c1-41-5-57-29-58(6-41)86-66-22-54-24-68(34-66)88-60-8-43(3)10-62(31-60)90-70-26-56-28-72(36-70)92-64-12-44(4)11-63(32-64)91-71-27-55-25-69(35-71)89-61-9-42(2)7-59(30-61)87-67-23-53(21-65(33-67)85-57)81-93-73-37-74-46-13-45(73)17-47-14-49-19-51-16-52-20-50-15-48(18-46)76(96-82(54)94-74)39-78(50)98-84(56)100-80(52)40-79(51)99-83(55)97-77(49)38-75(47)95-81/h5-16,21-40,81-84H,17-20H2,1-4H3. The van der Waals surface area contributed by atoms with Crippen LogP contribution in [0.15, 0.2) is 194 Å². The number of rotatable bonds is 0. The molecule has 0 saturated heterocycles. The Labute approximate surface area is 572 Å². The number of hydrogen-bond donors (Lipinski definition) is 0. The fraction of sp³-hybridized carbons (Fsp3) is 0.143. The van der Waals surface area contributed by atoms with E-state index in [2.05, 4.69) is 24.3 Å². The second kappa shape index (κ2) is 21.5. The van der Waals surface area contributed by atoms with E-state index in [0.29, 0.717) is 186 Å². The zero-order valence-corrected chi connectivity index (χ0v) is 54.1. The first-order valence-corrected chi connectivity index (χ1v) is 33.2. The van der Waals surface area contributed by atoms with Crippen LogP contribution >= 0.6 is 0 Å². The lowest BCUT2D eigenvalue weighted by molar-refractivity contribution is -0.0111. The third kappa shape index (κ3) is 10.3. The molecule has 16 nitrogen and oxygen atoms in total. The van der Waals surface area contributed by atoms with Gasteiger partial charge in [-0.25, -0.2) is 0 Å². The molecule has 100 heavy (non-hydrogen) atoms. The van der Waals surface area contributed by atoms with Crippen LogP contribution in [0.1, 0.15) is 114 Å². The quantitative estimate of drug-likeness (QED) is 0.142. The van der Waals surface area contributed by atoms with Gasteiger partial charge >= 0.3 is 0 Å². The van der Waals surface area contributed by atoms with E-state index in [1.54, 1.807) is 0 Å². The third-order valence-electron chi connectivity index (χ3n) is 19.1. The first kappa shape index (κ1) is 56.6. The molecule has 8 heterocycles. The number of fused-ring (bicyclic) bond motifs is 16. The van der Waals surface area contributed by atoms with Crippen LogP contribution in [0, 0.1) is 27.7 Å². The zero-order chi connectivity index (χ0) is 66.2. The minimum Gasteiger partial charge on any atom is -0.457 e. The van der Waals surface area contributed by atoms with Gasteiger partial charge in [0.05, 0.1) is 0 Å². The molecule has 0 atom stereocenters. The van der Waals surface area contributed by atoms with Gasteiger partial charge in [0, 0.05) is 121 Å². The molecule has 0 fully saturated rings. The van der Waals surface area contributed by atoms with E-state index < -0.39 is 25.2 Å². The average molecular weight is 1320 g/mol. The van der Waals surface area contributed by atoms with Gasteiger partial charge in [-0.05, 0) is 216 Å². The molecule has 12 aromatic carbocycles. The summed E-state index contributed by atoms with van der Waals surface area (Å²) in [7, 11) is 0. The first-order valence-electron chi connectivity index (χ1n) is 33.2. The summed E-state index contributed by atoms with van der Waals surface area (Å²) >= 11 is 0. The first-order chi connectivity index (χ1) is 48.8. The maximum atomic E-state index is 7.43. The Balaban J connectivity index is 0.912. The molecular weight excluding hydrogens is 1260 g/mol. The van der Waals surface area contributed by atoms with Gasteiger partial charge in [0.1, 0.15) is 138 Å². The molecule has 16 heteroatoms. The van der Waals surface area contributed by atoms with Crippen molar-refractivity contribution in [2.45, 2.75) is 78.5 Å². The molecule has 21 rings (SSSR count). The van der Waals surface area contributed by atoms with Gasteiger partial charge in [-0.2, -0.15) is 0 Å². The predicted octanol–water partition coefficient (Wildman–Crippen LogP) is 21.1. The topological polar surface area (TPSA) is 148 Å². The largest absolute Gasteiger partial charge is 0.457 e. The second-order valence-electron chi connectivity index (χ2n) is 26.9. The summed E-state index contributed by atoms with van der Waals surface area (Å²) in [5.74, 6) is 11.1. The number of ether oxygens (including phenoxy) is 16. The van der Waals surface area contributed by atoms with E-state index in [1.807, 2.05) is 198 Å². The third-order valence-corrected chi connectivity index (χ3v) is 19.1. The second-order valence-corrected chi connectivity index (χ2v) is 26.9. The summed E-state index contributed by atoms with van der Waals surface area (Å²) < 4.78 is 115. The molecular formula is C84H56O16. The summed E-state index contributed by atoms with van der Waals surface area (Å²) in [6.45, 7) is 7.94. The van der Waals surface area contributed by atoms with Crippen molar-refractivity contribution in [2.75, 3.05) is 0 Å². The Kier molecular flexibility index (Phi) is 12.2. The van der Waals surface area contributed by atoms with Crippen LogP contribution in [-0.4, -0.2) is 0 Å². The maximum Gasteiger partial charge on any atom is 0.267 e. The van der Waals surface area contributed by atoms with Crippen molar-refractivity contribution in [1.29, 1.82) is 0 Å². The van der Waals surface area contributed by atoms with Crippen LogP contribution in [0.2, 0.25) is 0 Å². The smallest absolute Gasteiger partial charge is 0.267 e. The molecule has 12 aromatic rings. The Morgan fingerprint density at radius 2 is 0.310 bits per heavy atom. The molecule has 0 saturated carbocycles. The van der Waals surface area contributed by atoms with Gasteiger partial charge in [-0.1, -0.05) is 0 Å². The van der Waals surface area contributed by atoms with Crippen LogP contribution < -0.4 is 75.8 Å². The Bertz CT molecular complexity index is 4620. The van der Waals surface area contributed by atoms with Crippen molar-refractivity contribution in [3.05, 3.63) is 283 Å². The van der Waals surface area contributed by atoms with E-state index in [-0.39, 0.29) is 0 Å². The summed E-state index contributed by atoms with van der Waals surface area (Å²) in [6.07, 6.45) is -3.18. The number of hydrogen-bond acceptors (Lipinski definition) is 16. The molecule has 0 N–H and O–H groups in total. The zero-order valence-electron chi connectivity index (χ0n) is 54.1. The summed E-state index contributed by atoms with van der Waals surface area (Å²) in [6, 6.07) is 62.0. The highest BCUT2D eigenvalue weighted by atomic mass is 16.7. The summed E-state index contributed by atoms with van der Waals surface area (Å²) in [5.41, 5.74) is 12.6. The molecule has 0 spiro atoms. The molecule has 0 radical (unpaired) electrons. The monoisotopic (exact) mass is 1320 g/mol. The van der Waals surface area contributed by atoms with Gasteiger partial charge in [0.15, 0.2) is 0 Å². The van der Waals surface area contributed by atoms with Crippen LogP contribution in [0.4, 0.5) is 0 Å². The lowest BCUT2D eigenvalue weighted by atomic mass is 9.90. The van der Waals surface area contributed by atoms with Crippen molar-refractivity contribution in [1.82, 2.24) is 0 Å². The Morgan fingerprint density at radius 3 is 0.460 bits per heavy atom. The van der Waals surface area contributed by atoms with Crippen LogP contribution in [-0.2, 0) is 25.7 Å². The normalized spacial score (nSPS) is 17.7. The predicted molar refractivity (Wildman–Crippen MR) is 364 cm³/mol. The van der Waals surface area contributed by atoms with E-state index in [1.165, 1.54) is 0 Å². The molecule has 8 aliphatic heterocycles. The van der Waals surface area contributed by atoms with E-state index in [9.17, 15) is 0 Å². The maximum absolute atomic E-state index is 7.43. The average Bonchev–Trinajstić information content (AvgIpc) is 0.755. The fourth-order valence-electron chi connectivity index (χ4n) is 14.8. The van der Waals surface area contributed by atoms with Crippen molar-refractivity contribution >= 4 is 0 Å². The van der Waals surface area contributed by atoms with Crippen molar-refractivity contribution in [2.24, 2.45) is 0 Å². The molecule has 1 aliphatic carbocycles. The van der Waals surface area contributed by atoms with Crippen LogP contribution in [0.5, 0.6) is 138 Å². The highest BCUT2D eigenvalue weighted by Gasteiger charge is 2.36. The minimum atomic E-state index is -1.17. The van der Waals surface area contributed by atoms with Gasteiger partial charge in [0.2, 0.25) is 0 Å². The molecule has 0 unspecified atom stereocenters. The Hall–Kier alpha value is -12.6. The van der Waals surface area contributed by atoms with E-state index in [4.69, 9.17) is 75.8 Å². The fourth-order valence-corrected chi connectivity index (χ4v) is 14.8. The SMILES string of the molecule is Cc1cc2cc(c1)Oc1cc3cc(c1)C1Oc4cc5c6cc4Cc4cc7c(cc4O1)OC1Oc4cc8c(cc4C7)Cc4cc(c7cc4OC(O8)c4cc(cc(c4)Oc4cc(C)cc(c4)Oc4cc(cc1c4)Oc1cc(C)cc(c1)O3)Oc1cc(C)cc(c1)Oc1cc(cc(c1)C(O5)O7)O2)C6. The lowest BCUT2D eigenvalue weighted by Gasteiger charge is -2.33. The molecule has 9 aliphatic rings. The van der Waals surface area contributed by atoms with E-state index >= 15 is 0 Å². The van der Waals surface area contributed by atoms with Gasteiger partial charge in [-0.3, -0.25) is 0 Å². The number of benzene rings is 12. The molecule has 0 aromatic heterocycles. The van der Waals surface area contributed by atoms with Crippen LogP contribution in [0.3, 0.4) is 0 Å². The molecule has 488 valence electrons. The Morgan fingerprint density at radius 1 is 0.170 bits per heavy atom. The van der Waals surface area contributed by atoms with Gasteiger partial charge < -0.3 is 75.8 Å². The minimum absolute atomic E-state index is 0.373. The molecule has 40 bridgehead atoms. The van der Waals surface area contributed by atoms with Crippen molar-refractivity contribution < 1.29 is 75.8 Å². The number of aryl methyl sites for hydroxylation is 4. The molecule has 0 amide bonds. The highest BCUT2D eigenvalue weighted by Crippen LogP contribution is 2.53.